The van der Waals surface area contributed by atoms with E-state index in [1.807, 2.05) is 0 Å². The lowest BCUT2D eigenvalue weighted by atomic mass is 9.89. The number of rotatable bonds is 4. The van der Waals surface area contributed by atoms with Crippen molar-refractivity contribution in [2.75, 3.05) is 0 Å². The van der Waals surface area contributed by atoms with E-state index in [-0.39, 0.29) is 0 Å². The lowest BCUT2D eigenvalue weighted by Crippen LogP contribution is -2.20. The van der Waals surface area contributed by atoms with E-state index in [1.54, 1.807) is 12.1 Å². The predicted molar refractivity (Wildman–Crippen MR) is 60.3 cm³/mol. The van der Waals surface area contributed by atoms with Crippen molar-refractivity contribution >= 4 is 6.29 Å². The molecule has 0 bridgehead atoms. The zero-order valence-corrected chi connectivity index (χ0v) is 9.65. The molecule has 1 aliphatic carbocycles. The monoisotopic (exact) mass is 222 g/mol. The van der Waals surface area contributed by atoms with Crippen molar-refractivity contribution in [3.05, 3.63) is 23.7 Å². The summed E-state index contributed by atoms with van der Waals surface area (Å²) in [6.07, 6.45) is 5.86. The van der Waals surface area contributed by atoms with Crippen molar-refractivity contribution in [2.24, 2.45) is 5.92 Å². The van der Waals surface area contributed by atoms with Gasteiger partial charge in [0.15, 0.2) is 12.0 Å². The van der Waals surface area contributed by atoms with Gasteiger partial charge in [0.2, 0.25) is 0 Å². The highest BCUT2D eigenvalue weighted by molar-refractivity contribution is 5.70. The number of furan rings is 1. The van der Waals surface area contributed by atoms with Gasteiger partial charge in [-0.2, -0.15) is 0 Å². The smallest absolute Gasteiger partial charge is 0.185 e. The molecule has 16 heavy (non-hydrogen) atoms. The number of hydrogen-bond donors (Lipinski definition) is 0. The van der Waals surface area contributed by atoms with Gasteiger partial charge in [0.05, 0.1) is 6.10 Å². The molecule has 1 heterocycles. The van der Waals surface area contributed by atoms with E-state index in [1.165, 1.54) is 12.8 Å². The molecule has 0 radical (unpaired) electrons. The van der Waals surface area contributed by atoms with Crippen LogP contribution >= 0.6 is 0 Å². The molecule has 0 amide bonds. The van der Waals surface area contributed by atoms with E-state index in [2.05, 4.69) is 6.92 Å². The van der Waals surface area contributed by atoms with Crippen LogP contribution in [0, 0.1) is 5.92 Å². The summed E-state index contributed by atoms with van der Waals surface area (Å²) in [6.45, 7) is 2.77. The van der Waals surface area contributed by atoms with E-state index < -0.39 is 0 Å². The van der Waals surface area contributed by atoms with E-state index in [0.717, 1.165) is 24.5 Å². The summed E-state index contributed by atoms with van der Waals surface area (Å²) < 4.78 is 11.0. The van der Waals surface area contributed by atoms with Gasteiger partial charge in [-0.1, -0.05) is 6.92 Å². The number of carbonyl (C=O) groups is 1. The Bertz CT molecular complexity index is 335. The Kier molecular flexibility index (Phi) is 3.78. The number of hydrogen-bond acceptors (Lipinski definition) is 3. The van der Waals surface area contributed by atoms with Gasteiger partial charge in [0.1, 0.15) is 12.4 Å². The van der Waals surface area contributed by atoms with Crippen molar-refractivity contribution in [2.45, 2.75) is 45.3 Å². The first-order valence-electron chi connectivity index (χ1n) is 5.93. The Morgan fingerprint density at radius 3 is 2.75 bits per heavy atom. The molecule has 0 unspecified atom stereocenters. The van der Waals surface area contributed by atoms with Crippen molar-refractivity contribution in [1.82, 2.24) is 0 Å². The normalized spacial score (nSPS) is 25.6. The number of aldehydes is 1. The van der Waals surface area contributed by atoms with Gasteiger partial charge in [0, 0.05) is 0 Å². The molecule has 3 nitrogen and oxygen atoms in total. The van der Waals surface area contributed by atoms with Crippen molar-refractivity contribution in [3.63, 3.8) is 0 Å². The van der Waals surface area contributed by atoms with Crippen LogP contribution in [0.2, 0.25) is 0 Å². The maximum Gasteiger partial charge on any atom is 0.185 e. The molecular weight excluding hydrogens is 204 g/mol. The summed E-state index contributed by atoms with van der Waals surface area (Å²) in [6, 6.07) is 3.48. The van der Waals surface area contributed by atoms with E-state index >= 15 is 0 Å². The third-order valence-electron chi connectivity index (χ3n) is 3.22. The number of carbonyl (C=O) groups excluding carboxylic acids is 1. The van der Waals surface area contributed by atoms with Gasteiger partial charge in [-0.25, -0.2) is 0 Å². The van der Waals surface area contributed by atoms with Crippen LogP contribution in [-0.2, 0) is 11.3 Å². The van der Waals surface area contributed by atoms with Gasteiger partial charge < -0.3 is 9.15 Å². The zero-order valence-electron chi connectivity index (χ0n) is 9.65. The Hall–Kier alpha value is -1.09. The van der Waals surface area contributed by atoms with E-state index in [0.29, 0.717) is 24.8 Å². The molecule has 0 saturated heterocycles. The summed E-state index contributed by atoms with van der Waals surface area (Å²) >= 11 is 0. The molecule has 0 atom stereocenters. The van der Waals surface area contributed by atoms with Crippen molar-refractivity contribution < 1.29 is 13.9 Å². The molecule has 1 saturated carbocycles. The third-order valence-corrected chi connectivity index (χ3v) is 3.22. The fraction of sp³-hybridized carbons (Fsp3) is 0.615. The number of ether oxygens (including phenoxy) is 1. The predicted octanol–water partition coefficient (Wildman–Crippen LogP) is 3.19. The minimum absolute atomic E-state index is 0.362. The maximum absolute atomic E-state index is 10.4. The Balaban J connectivity index is 1.76. The third kappa shape index (κ3) is 2.95. The van der Waals surface area contributed by atoms with Crippen LogP contribution in [0.4, 0.5) is 0 Å². The highest BCUT2D eigenvalue weighted by Gasteiger charge is 2.18. The van der Waals surface area contributed by atoms with Gasteiger partial charge >= 0.3 is 0 Å². The van der Waals surface area contributed by atoms with Crippen LogP contribution < -0.4 is 0 Å². The summed E-state index contributed by atoms with van der Waals surface area (Å²) in [4.78, 5) is 10.4. The first-order valence-corrected chi connectivity index (χ1v) is 5.93. The molecule has 1 aromatic rings. The zero-order chi connectivity index (χ0) is 11.4. The molecule has 1 aliphatic rings. The standard InChI is InChI=1S/C13H18O3/c1-10-2-4-11(5-3-10)15-9-13-7-6-12(8-14)16-13/h6-8,10-11H,2-5,9H2,1H3. The van der Waals surface area contributed by atoms with Crippen LogP contribution in [-0.4, -0.2) is 12.4 Å². The van der Waals surface area contributed by atoms with Gasteiger partial charge in [0.25, 0.3) is 0 Å². The van der Waals surface area contributed by atoms with Crippen molar-refractivity contribution in [1.29, 1.82) is 0 Å². The lowest BCUT2D eigenvalue weighted by Gasteiger charge is -2.25. The molecule has 0 aliphatic heterocycles. The largest absolute Gasteiger partial charge is 0.456 e. The van der Waals surface area contributed by atoms with Crippen LogP contribution in [0.15, 0.2) is 16.5 Å². The molecule has 88 valence electrons. The molecule has 2 rings (SSSR count). The fourth-order valence-electron chi connectivity index (χ4n) is 2.13. The van der Waals surface area contributed by atoms with Gasteiger partial charge in [-0.05, 0) is 43.7 Å². The van der Waals surface area contributed by atoms with E-state index in [4.69, 9.17) is 9.15 Å². The second kappa shape index (κ2) is 5.30. The molecule has 3 heteroatoms. The molecule has 0 aromatic carbocycles. The second-order valence-electron chi connectivity index (χ2n) is 4.61. The topological polar surface area (TPSA) is 39.4 Å². The van der Waals surface area contributed by atoms with Crippen LogP contribution in [0.1, 0.15) is 48.9 Å². The molecular formula is C13H18O3. The minimum atomic E-state index is 0.362. The van der Waals surface area contributed by atoms with Gasteiger partial charge in [-0.3, -0.25) is 4.79 Å². The van der Waals surface area contributed by atoms with Gasteiger partial charge in [-0.15, -0.1) is 0 Å². The Labute approximate surface area is 95.8 Å². The van der Waals surface area contributed by atoms with Crippen molar-refractivity contribution in [3.8, 4) is 0 Å². The molecule has 0 N–H and O–H groups in total. The summed E-state index contributed by atoms with van der Waals surface area (Å²) in [5, 5.41) is 0. The van der Waals surface area contributed by atoms with E-state index in [9.17, 15) is 4.79 Å². The molecule has 1 fully saturated rings. The van der Waals surface area contributed by atoms with Crippen LogP contribution in [0.5, 0.6) is 0 Å². The first kappa shape index (κ1) is 11.4. The second-order valence-corrected chi connectivity index (χ2v) is 4.61. The highest BCUT2D eigenvalue weighted by Crippen LogP contribution is 2.26. The first-order chi connectivity index (χ1) is 7.78. The molecule has 0 spiro atoms. The van der Waals surface area contributed by atoms with Crippen LogP contribution in [0.3, 0.4) is 0 Å². The Morgan fingerprint density at radius 2 is 2.12 bits per heavy atom. The highest BCUT2D eigenvalue weighted by atomic mass is 16.5. The Morgan fingerprint density at radius 1 is 1.38 bits per heavy atom. The lowest BCUT2D eigenvalue weighted by molar-refractivity contribution is 0.00109. The summed E-state index contributed by atoms with van der Waals surface area (Å²) in [5.74, 6) is 1.95. The SMILES string of the molecule is CC1CCC(OCc2ccc(C=O)o2)CC1. The average molecular weight is 222 g/mol. The minimum Gasteiger partial charge on any atom is -0.456 e. The fourth-order valence-corrected chi connectivity index (χ4v) is 2.13. The average Bonchev–Trinajstić information content (AvgIpc) is 2.76. The summed E-state index contributed by atoms with van der Waals surface area (Å²) in [7, 11) is 0. The summed E-state index contributed by atoms with van der Waals surface area (Å²) in [5.41, 5.74) is 0. The molecule has 1 aromatic heterocycles. The quantitative estimate of drug-likeness (QED) is 0.734. The van der Waals surface area contributed by atoms with Crippen LogP contribution in [0.25, 0.3) is 0 Å². The maximum atomic E-state index is 10.4.